The van der Waals surface area contributed by atoms with Gasteiger partial charge in [0.2, 0.25) is 0 Å². The van der Waals surface area contributed by atoms with Gasteiger partial charge in [0.25, 0.3) is 0 Å². The molecule has 0 fully saturated rings. The minimum Gasteiger partial charge on any atom is -0.384 e. The fourth-order valence-corrected chi connectivity index (χ4v) is 3.33. The Bertz CT molecular complexity index is 1000. The van der Waals surface area contributed by atoms with Crippen LogP contribution in [0.5, 0.6) is 0 Å². The number of aliphatic hydroxyl groups is 1. The summed E-state index contributed by atoms with van der Waals surface area (Å²) < 4.78 is 0. The Morgan fingerprint density at radius 2 is 1.39 bits per heavy atom. The summed E-state index contributed by atoms with van der Waals surface area (Å²) in [6.07, 6.45) is -0.621. The van der Waals surface area contributed by atoms with E-state index in [0.29, 0.717) is 0 Å². The number of hydrogen-bond donors (Lipinski definition) is 1. The zero-order chi connectivity index (χ0) is 15.8. The molecule has 0 aliphatic rings. The minimum atomic E-state index is -0.621. The second-order valence-electron chi connectivity index (χ2n) is 6.05. The monoisotopic (exact) mass is 298 g/mol. The third-order valence-corrected chi connectivity index (χ3v) is 4.45. The maximum Gasteiger partial charge on any atom is 0.105 e. The molecule has 1 atom stereocenters. The summed E-state index contributed by atoms with van der Waals surface area (Å²) in [5.41, 5.74) is 3.06. The molecular weight excluding hydrogens is 280 g/mol. The fraction of sp³-hybridized carbons (Fsp3) is 0.0909. The zero-order valence-corrected chi connectivity index (χ0v) is 13.0. The van der Waals surface area contributed by atoms with Crippen molar-refractivity contribution in [3.05, 3.63) is 95.6 Å². The first-order valence-electron chi connectivity index (χ1n) is 7.89. The van der Waals surface area contributed by atoms with Crippen LogP contribution in [0.25, 0.3) is 21.5 Å². The van der Waals surface area contributed by atoms with Crippen molar-refractivity contribution in [2.75, 3.05) is 0 Å². The summed E-state index contributed by atoms with van der Waals surface area (Å²) in [6, 6.07) is 26.9. The van der Waals surface area contributed by atoms with Crippen LogP contribution in [0.2, 0.25) is 0 Å². The molecule has 1 N–H and O–H groups in total. The molecule has 4 aromatic carbocycles. The van der Waals surface area contributed by atoms with E-state index in [4.69, 9.17) is 0 Å². The van der Waals surface area contributed by atoms with Crippen molar-refractivity contribution in [3.63, 3.8) is 0 Å². The van der Waals surface area contributed by atoms with Gasteiger partial charge in [0.1, 0.15) is 6.10 Å². The summed E-state index contributed by atoms with van der Waals surface area (Å²) >= 11 is 0. The number of hydrogen-bond acceptors (Lipinski definition) is 1. The van der Waals surface area contributed by atoms with Crippen LogP contribution >= 0.6 is 0 Å². The van der Waals surface area contributed by atoms with Crippen molar-refractivity contribution in [2.45, 2.75) is 13.0 Å². The number of benzene rings is 4. The summed E-state index contributed by atoms with van der Waals surface area (Å²) in [7, 11) is 0. The van der Waals surface area contributed by atoms with Gasteiger partial charge in [-0.2, -0.15) is 0 Å². The van der Waals surface area contributed by atoms with Gasteiger partial charge in [-0.1, -0.05) is 78.4 Å². The highest BCUT2D eigenvalue weighted by Gasteiger charge is 2.15. The van der Waals surface area contributed by atoms with E-state index in [-0.39, 0.29) is 0 Å². The standard InChI is InChI=1S/C22H18O/c1-15-7-6-9-17(13-15)22(23)21-14-16-8-2-3-10-18(16)19-11-4-5-12-20(19)21/h2-14,22-23H,1H3. The molecule has 4 rings (SSSR count). The number of aryl methyl sites for hydroxylation is 1. The molecule has 0 heterocycles. The predicted octanol–water partition coefficient (Wildman–Crippen LogP) is 5.38. The second kappa shape index (κ2) is 5.53. The third-order valence-electron chi connectivity index (χ3n) is 4.45. The Hall–Kier alpha value is -2.64. The van der Waals surface area contributed by atoms with E-state index >= 15 is 0 Å². The summed E-state index contributed by atoms with van der Waals surface area (Å²) in [6.45, 7) is 2.05. The van der Waals surface area contributed by atoms with Crippen molar-refractivity contribution < 1.29 is 5.11 Å². The smallest absolute Gasteiger partial charge is 0.105 e. The molecule has 4 aromatic rings. The van der Waals surface area contributed by atoms with E-state index in [0.717, 1.165) is 27.5 Å². The van der Waals surface area contributed by atoms with Crippen LogP contribution < -0.4 is 0 Å². The molecule has 1 unspecified atom stereocenters. The van der Waals surface area contributed by atoms with Gasteiger partial charge in [-0.3, -0.25) is 0 Å². The first-order chi connectivity index (χ1) is 11.2. The molecule has 0 saturated carbocycles. The van der Waals surface area contributed by atoms with E-state index in [2.05, 4.69) is 61.5 Å². The Balaban J connectivity index is 2.01. The molecule has 0 radical (unpaired) electrons. The van der Waals surface area contributed by atoms with Gasteiger partial charge < -0.3 is 5.11 Å². The van der Waals surface area contributed by atoms with E-state index in [9.17, 15) is 5.11 Å². The number of fused-ring (bicyclic) bond motifs is 3. The second-order valence-corrected chi connectivity index (χ2v) is 6.05. The molecule has 1 nitrogen and oxygen atoms in total. The predicted molar refractivity (Wildman–Crippen MR) is 96.7 cm³/mol. The largest absolute Gasteiger partial charge is 0.384 e. The average molecular weight is 298 g/mol. The summed E-state index contributed by atoms with van der Waals surface area (Å²) in [4.78, 5) is 0. The number of aliphatic hydroxyl groups excluding tert-OH is 1. The Kier molecular flexibility index (Phi) is 3.36. The van der Waals surface area contributed by atoms with Crippen LogP contribution in [0.3, 0.4) is 0 Å². The minimum absolute atomic E-state index is 0.621. The first-order valence-corrected chi connectivity index (χ1v) is 7.89. The van der Waals surface area contributed by atoms with Gasteiger partial charge >= 0.3 is 0 Å². The molecule has 0 amide bonds. The van der Waals surface area contributed by atoms with Crippen LogP contribution in [0, 0.1) is 6.92 Å². The van der Waals surface area contributed by atoms with Crippen molar-refractivity contribution in [1.29, 1.82) is 0 Å². The molecule has 23 heavy (non-hydrogen) atoms. The van der Waals surface area contributed by atoms with Crippen molar-refractivity contribution >= 4 is 21.5 Å². The molecule has 0 aliphatic heterocycles. The summed E-state index contributed by atoms with van der Waals surface area (Å²) in [5, 5.41) is 15.7. The van der Waals surface area contributed by atoms with Gasteiger partial charge in [0, 0.05) is 0 Å². The maximum atomic E-state index is 11.0. The fourth-order valence-electron chi connectivity index (χ4n) is 3.33. The quantitative estimate of drug-likeness (QED) is 0.492. The molecule has 0 saturated heterocycles. The van der Waals surface area contributed by atoms with Crippen molar-refractivity contribution in [1.82, 2.24) is 0 Å². The van der Waals surface area contributed by atoms with E-state index < -0.39 is 6.10 Å². The lowest BCUT2D eigenvalue weighted by Crippen LogP contribution is -2.01. The Morgan fingerprint density at radius 1 is 0.696 bits per heavy atom. The van der Waals surface area contributed by atoms with Crippen LogP contribution in [0.1, 0.15) is 22.8 Å². The van der Waals surface area contributed by atoms with Crippen LogP contribution in [0.15, 0.2) is 78.9 Å². The van der Waals surface area contributed by atoms with Crippen LogP contribution in [-0.4, -0.2) is 5.11 Å². The normalized spacial score (nSPS) is 12.6. The van der Waals surface area contributed by atoms with Crippen molar-refractivity contribution in [3.8, 4) is 0 Å². The molecule has 0 spiro atoms. The lowest BCUT2D eigenvalue weighted by Gasteiger charge is -2.17. The summed E-state index contributed by atoms with van der Waals surface area (Å²) in [5.74, 6) is 0. The van der Waals surface area contributed by atoms with Gasteiger partial charge in [-0.05, 0) is 45.7 Å². The molecule has 0 aliphatic carbocycles. The van der Waals surface area contributed by atoms with Gasteiger partial charge in [0.15, 0.2) is 0 Å². The van der Waals surface area contributed by atoms with E-state index in [1.807, 2.05) is 24.3 Å². The van der Waals surface area contributed by atoms with E-state index in [1.54, 1.807) is 0 Å². The topological polar surface area (TPSA) is 20.2 Å². The van der Waals surface area contributed by atoms with Gasteiger partial charge in [-0.25, -0.2) is 0 Å². The Labute approximate surface area is 135 Å². The average Bonchev–Trinajstić information content (AvgIpc) is 2.60. The highest BCUT2D eigenvalue weighted by atomic mass is 16.3. The van der Waals surface area contributed by atoms with Crippen molar-refractivity contribution in [2.24, 2.45) is 0 Å². The maximum absolute atomic E-state index is 11.0. The molecule has 1 heteroatoms. The SMILES string of the molecule is Cc1cccc(C(O)c2cc3ccccc3c3ccccc23)c1. The number of rotatable bonds is 2. The van der Waals surface area contributed by atoms with Gasteiger partial charge in [-0.15, -0.1) is 0 Å². The molecule has 0 aromatic heterocycles. The molecular formula is C22H18O. The van der Waals surface area contributed by atoms with E-state index in [1.165, 1.54) is 10.8 Å². The van der Waals surface area contributed by atoms with Crippen LogP contribution in [-0.2, 0) is 0 Å². The highest BCUT2D eigenvalue weighted by molar-refractivity contribution is 6.09. The lowest BCUT2D eigenvalue weighted by molar-refractivity contribution is 0.222. The highest BCUT2D eigenvalue weighted by Crippen LogP contribution is 2.34. The molecule has 0 bridgehead atoms. The first kappa shape index (κ1) is 14.0. The Morgan fingerprint density at radius 3 is 2.17 bits per heavy atom. The zero-order valence-electron chi connectivity index (χ0n) is 13.0. The van der Waals surface area contributed by atoms with Gasteiger partial charge in [0.05, 0.1) is 0 Å². The molecule has 112 valence electrons. The van der Waals surface area contributed by atoms with Crippen LogP contribution in [0.4, 0.5) is 0 Å². The lowest BCUT2D eigenvalue weighted by atomic mass is 9.91. The third kappa shape index (κ3) is 2.39.